The summed E-state index contributed by atoms with van der Waals surface area (Å²) in [5.41, 5.74) is 1.33. The summed E-state index contributed by atoms with van der Waals surface area (Å²) in [5, 5.41) is 3.28. The number of rotatable bonds is 9. The summed E-state index contributed by atoms with van der Waals surface area (Å²) in [5.74, 6) is 2.05. The zero-order chi connectivity index (χ0) is 19.9. The summed E-state index contributed by atoms with van der Waals surface area (Å²) in [6.45, 7) is 7.40. The van der Waals surface area contributed by atoms with E-state index in [0.717, 1.165) is 43.0 Å². The number of ether oxygens (including phenoxy) is 1. The van der Waals surface area contributed by atoms with Crippen LogP contribution in [0.25, 0.3) is 5.69 Å². The standard InChI is InChI=1S/C21H30FN5O.HI/c1-4-23-21(26(3)11-12-28-15-17-5-6-17)25-14-18-7-8-20(19(22)13-18)27-10-9-24-16(27)2;/h7-10,13,17H,4-6,11-12,14-15H2,1-3H3,(H,23,25);1H. The lowest BCUT2D eigenvalue weighted by Crippen LogP contribution is -2.40. The lowest BCUT2D eigenvalue weighted by atomic mass is 10.2. The summed E-state index contributed by atoms with van der Waals surface area (Å²) < 4.78 is 22.0. The maximum absolute atomic E-state index is 14.6. The molecule has 0 bridgehead atoms. The Kier molecular flexibility index (Phi) is 9.35. The molecule has 2 aromatic rings. The van der Waals surface area contributed by atoms with E-state index in [0.29, 0.717) is 18.8 Å². The first kappa shape index (κ1) is 23.6. The highest BCUT2D eigenvalue weighted by molar-refractivity contribution is 14.0. The van der Waals surface area contributed by atoms with Crippen molar-refractivity contribution < 1.29 is 9.13 Å². The third-order valence-corrected chi connectivity index (χ3v) is 4.83. The van der Waals surface area contributed by atoms with Gasteiger partial charge in [-0.15, -0.1) is 24.0 Å². The topological polar surface area (TPSA) is 54.7 Å². The molecule has 1 saturated carbocycles. The summed E-state index contributed by atoms with van der Waals surface area (Å²) in [7, 11) is 1.99. The second kappa shape index (κ2) is 11.5. The van der Waals surface area contributed by atoms with Gasteiger partial charge in [0.25, 0.3) is 0 Å². The van der Waals surface area contributed by atoms with Crippen molar-refractivity contribution in [3.63, 3.8) is 0 Å². The first-order valence-electron chi connectivity index (χ1n) is 9.94. The molecule has 1 aliphatic rings. The molecule has 0 amide bonds. The number of aromatic nitrogens is 2. The molecular formula is C21H31FIN5O. The fourth-order valence-electron chi connectivity index (χ4n) is 2.95. The van der Waals surface area contributed by atoms with E-state index in [-0.39, 0.29) is 29.8 Å². The number of imidazole rings is 1. The Labute approximate surface area is 189 Å². The molecule has 8 heteroatoms. The monoisotopic (exact) mass is 515 g/mol. The average Bonchev–Trinajstić information content (AvgIpc) is 3.41. The number of aryl methyl sites for hydroxylation is 1. The van der Waals surface area contributed by atoms with Gasteiger partial charge < -0.3 is 19.5 Å². The first-order chi connectivity index (χ1) is 13.6. The van der Waals surface area contributed by atoms with Crippen LogP contribution in [0.2, 0.25) is 0 Å². The fraction of sp³-hybridized carbons (Fsp3) is 0.524. The van der Waals surface area contributed by atoms with E-state index in [1.165, 1.54) is 12.8 Å². The van der Waals surface area contributed by atoms with E-state index in [9.17, 15) is 4.39 Å². The Morgan fingerprint density at radius 3 is 2.83 bits per heavy atom. The maximum atomic E-state index is 14.6. The summed E-state index contributed by atoms with van der Waals surface area (Å²) in [4.78, 5) is 10.9. The van der Waals surface area contributed by atoms with Crippen molar-refractivity contribution in [3.8, 4) is 5.69 Å². The minimum absolute atomic E-state index is 0. The maximum Gasteiger partial charge on any atom is 0.194 e. The minimum Gasteiger partial charge on any atom is -0.379 e. The van der Waals surface area contributed by atoms with E-state index >= 15 is 0 Å². The predicted molar refractivity (Wildman–Crippen MR) is 125 cm³/mol. The number of guanidine groups is 1. The van der Waals surface area contributed by atoms with E-state index in [4.69, 9.17) is 4.74 Å². The van der Waals surface area contributed by atoms with Gasteiger partial charge >= 0.3 is 0 Å². The molecule has 1 N–H and O–H groups in total. The van der Waals surface area contributed by atoms with Crippen molar-refractivity contribution in [1.29, 1.82) is 0 Å². The molecule has 1 aromatic heterocycles. The van der Waals surface area contributed by atoms with Crippen molar-refractivity contribution in [2.45, 2.75) is 33.2 Å². The van der Waals surface area contributed by atoms with Gasteiger partial charge in [0.1, 0.15) is 11.6 Å². The molecule has 6 nitrogen and oxygen atoms in total. The van der Waals surface area contributed by atoms with Gasteiger partial charge in [-0.25, -0.2) is 14.4 Å². The molecule has 1 aromatic carbocycles. The predicted octanol–water partition coefficient (Wildman–Crippen LogP) is 3.76. The molecule has 0 atom stereocenters. The van der Waals surface area contributed by atoms with E-state index in [1.54, 1.807) is 29.1 Å². The molecule has 1 aliphatic carbocycles. The number of aliphatic imine (C=N–C) groups is 1. The number of likely N-dealkylation sites (N-methyl/N-ethyl adjacent to an activating group) is 1. The van der Waals surface area contributed by atoms with Crippen LogP contribution in [-0.4, -0.2) is 53.8 Å². The van der Waals surface area contributed by atoms with Gasteiger partial charge in [0.15, 0.2) is 5.96 Å². The van der Waals surface area contributed by atoms with Gasteiger partial charge in [-0.05, 0) is 50.3 Å². The van der Waals surface area contributed by atoms with Gasteiger partial charge in [0, 0.05) is 39.1 Å². The van der Waals surface area contributed by atoms with Gasteiger partial charge in [-0.1, -0.05) is 6.07 Å². The van der Waals surface area contributed by atoms with Gasteiger partial charge in [0.05, 0.1) is 18.8 Å². The molecule has 29 heavy (non-hydrogen) atoms. The third kappa shape index (κ3) is 6.95. The zero-order valence-corrected chi connectivity index (χ0v) is 19.7. The molecule has 1 fully saturated rings. The highest BCUT2D eigenvalue weighted by atomic mass is 127. The number of hydrogen-bond donors (Lipinski definition) is 1. The van der Waals surface area contributed by atoms with E-state index in [1.807, 2.05) is 27.0 Å². The molecular weight excluding hydrogens is 484 g/mol. The van der Waals surface area contributed by atoms with Crippen LogP contribution in [0, 0.1) is 18.7 Å². The Balaban J connectivity index is 0.00000300. The Morgan fingerprint density at radius 2 is 2.21 bits per heavy atom. The second-order valence-electron chi connectivity index (χ2n) is 7.24. The summed E-state index contributed by atoms with van der Waals surface area (Å²) in [6.07, 6.45) is 6.03. The lowest BCUT2D eigenvalue weighted by molar-refractivity contribution is 0.115. The second-order valence-corrected chi connectivity index (χ2v) is 7.24. The molecule has 0 saturated heterocycles. The molecule has 0 spiro atoms. The van der Waals surface area contributed by atoms with Crippen molar-refractivity contribution in [1.82, 2.24) is 19.8 Å². The first-order valence-corrected chi connectivity index (χ1v) is 9.94. The molecule has 1 heterocycles. The summed E-state index contributed by atoms with van der Waals surface area (Å²) in [6, 6.07) is 5.22. The van der Waals surface area contributed by atoms with Gasteiger partial charge in [0.2, 0.25) is 0 Å². The minimum atomic E-state index is -0.277. The number of halogens is 2. The SMILES string of the molecule is CCNC(=NCc1ccc(-n2ccnc2C)c(F)c1)N(C)CCOCC1CC1.I. The van der Waals surface area contributed by atoms with Crippen molar-refractivity contribution >= 4 is 29.9 Å². The number of nitrogens with one attached hydrogen (secondary N) is 1. The smallest absolute Gasteiger partial charge is 0.194 e. The number of hydrogen-bond acceptors (Lipinski definition) is 3. The van der Waals surface area contributed by atoms with Crippen molar-refractivity contribution in [2.24, 2.45) is 10.9 Å². The number of benzene rings is 1. The third-order valence-electron chi connectivity index (χ3n) is 4.83. The Bertz CT molecular complexity index is 806. The van der Waals surface area contributed by atoms with Crippen molar-refractivity contribution in [2.75, 3.05) is 33.4 Å². The van der Waals surface area contributed by atoms with Gasteiger partial charge in [-0.3, -0.25) is 0 Å². The van der Waals surface area contributed by atoms with Crippen LogP contribution in [0.1, 0.15) is 31.2 Å². The Morgan fingerprint density at radius 1 is 1.41 bits per heavy atom. The van der Waals surface area contributed by atoms with Gasteiger partial charge in [-0.2, -0.15) is 0 Å². The van der Waals surface area contributed by atoms with E-state index < -0.39 is 0 Å². The van der Waals surface area contributed by atoms with Crippen LogP contribution in [0.5, 0.6) is 0 Å². The highest BCUT2D eigenvalue weighted by Gasteiger charge is 2.21. The molecule has 160 valence electrons. The van der Waals surface area contributed by atoms with Crippen LogP contribution in [-0.2, 0) is 11.3 Å². The largest absolute Gasteiger partial charge is 0.379 e. The van der Waals surface area contributed by atoms with E-state index in [2.05, 4.69) is 20.2 Å². The lowest BCUT2D eigenvalue weighted by Gasteiger charge is -2.22. The molecule has 3 rings (SSSR count). The average molecular weight is 515 g/mol. The normalized spacial score (nSPS) is 13.9. The Hall–Kier alpha value is -1.68. The number of nitrogens with zero attached hydrogens (tertiary/aromatic N) is 4. The van der Waals surface area contributed by atoms with Crippen LogP contribution in [0.15, 0.2) is 35.6 Å². The molecule has 0 unspecified atom stereocenters. The molecule has 0 radical (unpaired) electrons. The van der Waals surface area contributed by atoms with Crippen LogP contribution in [0.3, 0.4) is 0 Å². The van der Waals surface area contributed by atoms with Crippen LogP contribution < -0.4 is 5.32 Å². The zero-order valence-electron chi connectivity index (χ0n) is 17.4. The quantitative estimate of drug-likeness (QED) is 0.239. The van der Waals surface area contributed by atoms with Crippen LogP contribution in [0.4, 0.5) is 4.39 Å². The van der Waals surface area contributed by atoms with Crippen molar-refractivity contribution in [3.05, 3.63) is 47.8 Å². The van der Waals surface area contributed by atoms with Crippen LogP contribution >= 0.6 is 24.0 Å². The highest BCUT2D eigenvalue weighted by Crippen LogP contribution is 2.28. The fourth-order valence-corrected chi connectivity index (χ4v) is 2.95. The molecule has 0 aliphatic heterocycles. The summed E-state index contributed by atoms with van der Waals surface area (Å²) >= 11 is 0.